The number of hydrogen-bond donors (Lipinski definition) is 1. The molecule has 0 radical (unpaired) electrons. The van der Waals surface area contributed by atoms with Crippen molar-refractivity contribution in [3.05, 3.63) is 90.3 Å². The van der Waals surface area contributed by atoms with Gasteiger partial charge in [0.1, 0.15) is 5.76 Å². The van der Waals surface area contributed by atoms with Crippen LogP contribution < -0.4 is 0 Å². The lowest BCUT2D eigenvalue weighted by atomic mass is 9.95. The third-order valence-electron chi connectivity index (χ3n) is 4.98. The normalized spacial score (nSPS) is 18.3. The fourth-order valence-corrected chi connectivity index (χ4v) is 3.60. The molecule has 3 heterocycles. The fourth-order valence-electron chi connectivity index (χ4n) is 3.60. The van der Waals surface area contributed by atoms with E-state index in [2.05, 4.69) is 9.97 Å². The fraction of sp³-hybridized carbons (Fsp3) is 0.182. The third kappa shape index (κ3) is 3.67. The number of Topliss-reactive ketones (excluding diaryl/α,β-unsaturated/α-hetero) is 1. The highest BCUT2D eigenvalue weighted by atomic mass is 16.3. The van der Waals surface area contributed by atoms with Crippen LogP contribution in [0.4, 0.5) is 0 Å². The van der Waals surface area contributed by atoms with E-state index in [4.69, 9.17) is 0 Å². The highest BCUT2D eigenvalue weighted by Gasteiger charge is 2.45. The number of likely N-dealkylation sites (tertiary alicyclic amines) is 1. The summed E-state index contributed by atoms with van der Waals surface area (Å²) in [6.07, 6.45) is 8.99. The first-order valence-electron chi connectivity index (χ1n) is 9.36. The number of aliphatic hydroxyl groups is 1. The number of rotatable bonds is 6. The zero-order chi connectivity index (χ0) is 20.2. The number of benzene rings is 1. The van der Waals surface area contributed by atoms with Crippen LogP contribution in [0.25, 0.3) is 5.76 Å². The monoisotopic (exact) mass is 388 g/mol. The second-order valence-electron chi connectivity index (χ2n) is 6.79. The first-order valence-corrected chi connectivity index (χ1v) is 9.36. The minimum absolute atomic E-state index is 0.107. The second-order valence-corrected chi connectivity index (χ2v) is 6.79. The molecule has 4 rings (SSSR count). The van der Waals surface area contributed by atoms with Crippen LogP contribution in [0.3, 0.4) is 0 Å². The molecule has 1 unspecified atom stereocenters. The first-order chi connectivity index (χ1) is 14.2. The summed E-state index contributed by atoms with van der Waals surface area (Å²) in [6.45, 7) is 1.06. The average Bonchev–Trinajstić information content (AvgIpc) is 3.37. The number of amides is 1. The molecule has 1 atom stereocenters. The highest BCUT2D eigenvalue weighted by molar-refractivity contribution is 6.46. The van der Waals surface area contributed by atoms with E-state index >= 15 is 0 Å². The predicted octanol–water partition coefficient (Wildman–Crippen LogP) is 2.79. The number of ketones is 1. The van der Waals surface area contributed by atoms with Gasteiger partial charge in [0.25, 0.3) is 11.7 Å². The molecular formula is C22H20N4O3. The van der Waals surface area contributed by atoms with Crippen LogP contribution in [0.5, 0.6) is 0 Å². The number of carbonyl (C=O) groups is 2. The van der Waals surface area contributed by atoms with Gasteiger partial charge in [-0.15, -0.1) is 0 Å². The summed E-state index contributed by atoms with van der Waals surface area (Å²) in [5, 5.41) is 10.9. The van der Waals surface area contributed by atoms with E-state index in [1.807, 2.05) is 41.1 Å². The van der Waals surface area contributed by atoms with E-state index < -0.39 is 17.7 Å². The van der Waals surface area contributed by atoms with Crippen molar-refractivity contribution in [2.75, 3.05) is 6.54 Å². The lowest BCUT2D eigenvalue weighted by Crippen LogP contribution is -2.31. The Kier molecular flexibility index (Phi) is 5.20. The molecule has 1 saturated heterocycles. The van der Waals surface area contributed by atoms with Crippen LogP contribution >= 0.6 is 0 Å². The molecule has 7 nitrogen and oxygen atoms in total. The Labute approximate surface area is 168 Å². The van der Waals surface area contributed by atoms with E-state index in [1.54, 1.807) is 29.6 Å². The number of hydrogen-bond acceptors (Lipinski definition) is 5. The van der Waals surface area contributed by atoms with E-state index in [0.29, 0.717) is 25.1 Å². The Morgan fingerprint density at radius 3 is 2.41 bits per heavy atom. The second kappa shape index (κ2) is 8.10. The largest absolute Gasteiger partial charge is 0.507 e. The minimum atomic E-state index is -0.671. The minimum Gasteiger partial charge on any atom is -0.507 e. The SMILES string of the molecule is O=C1C(=O)N(CCCn2ccnc2)C(c2ccccc2)/C1=C(\O)c1ccncc1. The molecule has 1 fully saturated rings. The lowest BCUT2D eigenvalue weighted by molar-refractivity contribution is -0.139. The van der Waals surface area contributed by atoms with Crippen LogP contribution in [0.1, 0.15) is 23.6 Å². The molecule has 2 aromatic heterocycles. The van der Waals surface area contributed by atoms with Gasteiger partial charge in [0.05, 0.1) is 17.9 Å². The van der Waals surface area contributed by atoms with Gasteiger partial charge in [-0.05, 0) is 24.1 Å². The molecule has 29 heavy (non-hydrogen) atoms. The van der Waals surface area contributed by atoms with Crippen molar-refractivity contribution in [1.29, 1.82) is 0 Å². The maximum atomic E-state index is 12.9. The third-order valence-corrected chi connectivity index (χ3v) is 4.98. The van der Waals surface area contributed by atoms with Gasteiger partial charge >= 0.3 is 0 Å². The van der Waals surface area contributed by atoms with Crippen LogP contribution in [0.2, 0.25) is 0 Å². The Morgan fingerprint density at radius 2 is 1.72 bits per heavy atom. The molecule has 0 bridgehead atoms. The van der Waals surface area contributed by atoms with Crippen molar-refractivity contribution >= 4 is 17.4 Å². The Morgan fingerprint density at radius 1 is 0.966 bits per heavy atom. The summed E-state index contributed by atoms with van der Waals surface area (Å²) < 4.78 is 1.92. The smallest absolute Gasteiger partial charge is 0.295 e. The van der Waals surface area contributed by atoms with Gasteiger partial charge in [0.2, 0.25) is 0 Å². The Hall–Kier alpha value is -3.74. The van der Waals surface area contributed by atoms with E-state index in [1.165, 1.54) is 12.4 Å². The summed E-state index contributed by atoms with van der Waals surface area (Å²) in [4.78, 5) is 35.2. The van der Waals surface area contributed by atoms with Crippen LogP contribution in [0, 0.1) is 0 Å². The quantitative estimate of drug-likeness (QED) is 0.399. The zero-order valence-electron chi connectivity index (χ0n) is 15.7. The molecule has 7 heteroatoms. The number of imidazole rings is 1. The molecule has 1 amide bonds. The summed E-state index contributed by atoms with van der Waals surface area (Å²) in [5.41, 5.74) is 1.34. The maximum absolute atomic E-state index is 12.9. The van der Waals surface area contributed by atoms with Crippen molar-refractivity contribution in [3.63, 3.8) is 0 Å². The Bertz CT molecular complexity index is 1030. The molecule has 1 aliphatic heterocycles. The van der Waals surface area contributed by atoms with Gasteiger partial charge in [0, 0.05) is 43.4 Å². The predicted molar refractivity (Wildman–Crippen MR) is 107 cm³/mol. The lowest BCUT2D eigenvalue weighted by Gasteiger charge is -2.25. The van der Waals surface area contributed by atoms with Crippen LogP contribution in [0.15, 0.2) is 79.2 Å². The summed E-state index contributed by atoms with van der Waals surface area (Å²) in [6, 6.07) is 11.9. The first kappa shape index (κ1) is 18.6. The van der Waals surface area contributed by atoms with Gasteiger partial charge in [-0.1, -0.05) is 30.3 Å². The number of pyridine rings is 1. The summed E-state index contributed by atoms with van der Waals surface area (Å²) >= 11 is 0. The standard InChI is InChI=1S/C22H20N4O3/c27-20(17-7-9-23-10-8-17)18-19(16-5-2-1-3-6-16)26(22(29)21(18)28)13-4-12-25-14-11-24-15-25/h1-3,5-11,14-15,19,27H,4,12-13H2/b20-18+. The van der Waals surface area contributed by atoms with E-state index in [-0.39, 0.29) is 11.3 Å². The van der Waals surface area contributed by atoms with Gasteiger partial charge in [0.15, 0.2) is 0 Å². The molecule has 146 valence electrons. The number of carbonyl (C=O) groups excluding carboxylic acids is 2. The van der Waals surface area contributed by atoms with Crippen molar-refractivity contribution in [1.82, 2.24) is 19.4 Å². The molecule has 1 aromatic carbocycles. The summed E-state index contributed by atoms with van der Waals surface area (Å²) in [7, 11) is 0. The van der Waals surface area contributed by atoms with Gasteiger partial charge in [-0.25, -0.2) is 4.98 Å². The molecule has 0 spiro atoms. The van der Waals surface area contributed by atoms with Crippen LogP contribution in [-0.4, -0.2) is 42.8 Å². The molecule has 0 saturated carbocycles. The zero-order valence-corrected chi connectivity index (χ0v) is 15.7. The number of aryl methyl sites for hydroxylation is 1. The number of nitrogens with zero attached hydrogens (tertiary/aromatic N) is 4. The topological polar surface area (TPSA) is 88.3 Å². The van der Waals surface area contributed by atoms with Crippen LogP contribution in [-0.2, 0) is 16.1 Å². The Balaban J connectivity index is 1.70. The van der Waals surface area contributed by atoms with Gasteiger partial charge in [-0.2, -0.15) is 0 Å². The van der Waals surface area contributed by atoms with Crippen molar-refractivity contribution in [2.24, 2.45) is 0 Å². The highest BCUT2D eigenvalue weighted by Crippen LogP contribution is 2.39. The maximum Gasteiger partial charge on any atom is 0.295 e. The van der Waals surface area contributed by atoms with Gasteiger partial charge in [-0.3, -0.25) is 14.6 Å². The molecule has 1 N–H and O–H groups in total. The molecular weight excluding hydrogens is 368 g/mol. The molecule has 1 aliphatic rings. The number of aromatic nitrogens is 3. The van der Waals surface area contributed by atoms with E-state index in [9.17, 15) is 14.7 Å². The molecule has 3 aromatic rings. The summed E-state index contributed by atoms with van der Waals surface area (Å²) in [5.74, 6) is -1.45. The van der Waals surface area contributed by atoms with Gasteiger partial charge < -0.3 is 14.6 Å². The van der Waals surface area contributed by atoms with Crippen molar-refractivity contribution < 1.29 is 14.7 Å². The average molecular weight is 388 g/mol. The molecule has 0 aliphatic carbocycles. The number of aliphatic hydroxyl groups excluding tert-OH is 1. The van der Waals surface area contributed by atoms with Crippen molar-refractivity contribution in [2.45, 2.75) is 19.0 Å². The van der Waals surface area contributed by atoms with E-state index in [0.717, 1.165) is 5.56 Å². The van der Waals surface area contributed by atoms with Crippen molar-refractivity contribution in [3.8, 4) is 0 Å².